The van der Waals surface area contributed by atoms with E-state index in [4.69, 9.17) is 4.52 Å². The van der Waals surface area contributed by atoms with Crippen molar-refractivity contribution in [1.82, 2.24) is 20.1 Å². The zero-order chi connectivity index (χ0) is 18.5. The Morgan fingerprint density at radius 2 is 2.19 bits per heavy atom. The van der Waals surface area contributed by atoms with E-state index in [0.29, 0.717) is 29.0 Å². The average Bonchev–Trinajstić information content (AvgIpc) is 3.46. The van der Waals surface area contributed by atoms with Crippen LogP contribution in [-0.2, 0) is 17.0 Å². The van der Waals surface area contributed by atoms with Gasteiger partial charge in [-0.3, -0.25) is 4.79 Å². The van der Waals surface area contributed by atoms with E-state index in [1.165, 1.54) is 11.3 Å². The lowest BCUT2D eigenvalue weighted by molar-refractivity contribution is -0.116. The summed E-state index contributed by atoms with van der Waals surface area (Å²) in [4.78, 5) is 26.0. The van der Waals surface area contributed by atoms with E-state index in [1.807, 2.05) is 16.8 Å². The first-order valence-electron chi connectivity index (χ1n) is 7.89. The standard InChI is InChI=1S/C16H13N5O2S4/c22-13(20-15-17-5-7-25-15)3-4-14-19-12(21-23-14)9-27-16-18-10(8-26-16)11-2-1-6-24-11/h1-2,5-8H,3-4,9H2,(H,17,20,22). The van der Waals surface area contributed by atoms with Crippen LogP contribution in [0.25, 0.3) is 10.6 Å². The molecule has 4 aromatic heterocycles. The van der Waals surface area contributed by atoms with Gasteiger partial charge >= 0.3 is 0 Å². The zero-order valence-corrected chi connectivity index (χ0v) is 17.1. The fraction of sp³-hybridized carbons (Fsp3) is 0.188. The Balaban J connectivity index is 1.25. The number of carbonyl (C=O) groups excluding carboxylic acids is 1. The number of hydrogen-bond donors (Lipinski definition) is 1. The number of hydrogen-bond acceptors (Lipinski definition) is 10. The van der Waals surface area contributed by atoms with Gasteiger partial charge in [0.25, 0.3) is 0 Å². The molecule has 0 bridgehead atoms. The van der Waals surface area contributed by atoms with Gasteiger partial charge in [-0.2, -0.15) is 4.98 Å². The van der Waals surface area contributed by atoms with Gasteiger partial charge in [-0.05, 0) is 11.4 Å². The number of carbonyl (C=O) groups is 1. The van der Waals surface area contributed by atoms with Gasteiger partial charge in [0.2, 0.25) is 11.8 Å². The Labute approximate surface area is 170 Å². The summed E-state index contributed by atoms with van der Waals surface area (Å²) in [5, 5.41) is 13.2. The van der Waals surface area contributed by atoms with E-state index < -0.39 is 0 Å². The van der Waals surface area contributed by atoms with Crippen LogP contribution in [0.5, 0.6) is 0 Å². The molecule has 1 amide bonds. The molecule has 0 saturated heterocycles. The van der Waals surface area contributed by atoms with E-state index in [1.54, 1.807) is 40.6 Å². The van der Waals surface area contributed by atoms with Crippen molar-refractivity contribution < 1.29 is 9.32 Å². The lowest BCUT2D eigenvalue weighted by Crippen LogP contribution is -2.12. The number of nitrogens with zero attached hydrogens (tertiary/aromatic N) is 4. The molecular formula is C16H13N5O2S4. The summed E-state index contributed by atoms with van der Waals surface area (Å²) >= 11 is 6.23. The van der Waals surface area contributed by atoms with E-state index in [2.05, 4.69) is 36.9 Å². The van der Waals surface area contributed by atoms with Crippen LogP contribution in [0, 0.1) is 0 Å². The first kappa shape index (κ1) is 18.3. The molecule has 0 fully saturated rings. The van der Waals surface area contributed by atoms with Gasteiger partial charge in [-0.25, -0.2) is 9.97 Å². The molecule has 7 nitrogen and oxygen atoms in total. The zero-order valence-electron chi connectivity index (χ0n) is 13.8. The first-order valence-corrected chi connectivity index (χ1v) is 11.5. The van der Waals surface area contributed by atoms with Crippen molar-refractivity contribution in [1.29, 1.82) is 0 Å². The van der Waals surface area contributed by atoms with Crippen LogP contribution >= 0.6 is 45.8 Å². The van der Waals surface area contributed by atoms with Gasteiger partial charge in [0.05, 0.1) is 16.3 Å². The smallest absolute Gasteiger partial charge is 0.227 e. The second kappa shape index (κ2) is 8.74. The maximum atomic E-state index is 11.9. The third-order valence-corrected chi connectivity index (χ3v) is 6.93. The van der Waals surface area contributed by atoms with E-state index >= 15 is 0 Å². The molecule has 4 aromatic rings. The van der Waals surface area contributed by atoms with E-state index in [0.717, 1.165) is 14.9 Å². The molecule has 0 atom stereocenters. The van der Waals surface area contributed by atoms with Crippen LogP contribution in [0.2, 0.25) is 0 Å². The topological polar surface area (TPSA) is 93.8 Å². The predicted octanol–water partition coefficient (Wildman–Crippen LogP) is 4.57. The number of aromatic nitrogens is 4. The molecular weight excluding hydrogens is 422 g/mol. The molecule has 138 valence electrons. The molecule has 0 aliphatic rings. The van der Waals surface area contributed by atoms with Crippen LogP contribution in [0.3, 0.4) is 0 Å². The lowest BCUT2D eigenvalue weighted by atomic mass is 10.3. The Hall–Kier alpha value is -2.08. The fourth-order valence-electron chi connectivity index (χ4n) is 2.13. The van der Waals surface area contributed by atoms with Crippen LogP contribution in [0.1, 0.15) is 18.1 Å². The highest BCUT2D eigenvalue weighted by Crippen LogP contribution is 2.31. The number of rotatable bonds is 8. The van der Waals surface area contributed by atoms with Crippen molar-refractivity contribution in [3.8, 4) is 10.6 Å². The van der Waals surface area contributed by atoms with Crippen molar-refractivity contribution in [3.63, 3.8) is 0 Å². The largest absolute Gasteiger partial charge is 0.339 e. The van der Waals surface area contributed by atoms with Gasteiger partial charge in [0.1, 0.15) is 0 Å². The van der Waals surface area contributed by atoms with E-state index in [9.17, 15) is 4.79 Å². The Morgan fingerprint density at radius 1 is 1.22 bits per heavy atom. The number of thioether (sulfide) groups is 1. The number of aryl methyl sites for hydroxylation is 1. The van der Waals surface area contributed by atoms with Gasteiger partial charge in [0, 0.05) is 29.8 Å². The maximum Gasteiger partial charge on any atom is 0.227 e. The van der Waals surface area contributed by atoms with Crippen LogP contribution < -0.4 is 5.32 Å². The Bertz CT molecular complexity index is 994. The predicted molar refractivity (Wildman–Crippen MR) is 108 cm³/mol. The van der Waals surface area contributed by atoms with Crippen molar-refractivity contribution >= 4 is 56.8 Å². The summed E-state index contributed by atoms with van der Waals surface area (Å²) in [5.74, 6) is 1.51. The molecule has 0 unspecified atom stereocenters. The highest BCUT2D eigenvalue weighted by molar-refractivity contribution is 8.00. The highest BCUT2D eigenvalue weighted by atomic mass is 32.2. The van der Waals surface area contributed by atoms with Crippen molar-refractivity contribution in [2.45, 2.75) is 22.9 Å². The summed E-state index contributed by atoms with van der Waals surface area (Å²) in [6, 6.07) is 4.08. The summed E-state index contributed by atoms with van der Waals surface area (Å²) in [5.41, 5.74) is 0.998. The Kier molecular flexibility index (Phi) is 5.92. The third kappa shape index (κ3) is 5.01. The van der Waals surface area contributed by atoms with Crippen molar-refractivity contribution in [2.75, 3.05) is 5.32 Å². The normalized spacial score (nSPS) is 11.0. The molecule has 0 aliphatic carbocycles. The molecule has 0 saturated carbocycles. The minimum Gasteiger partial charge on any atom is -0.339 e. The van der Waals surface area contributed by atoms with Gasteiger partial charge < -0.3 is 9.84 Å². The number of anilines is 1. The number of thiophene rings is 1. The molecule has 0 radical (unpaired) electrons. The lowest BCUT2D eigenvalue weighted by Gasteiger charge is -1.98. The van der Waals surface area contributed by atoms with Crippen LogP contribution in [0.4, 0.5) is 5.13 Å². The molecule has 0 spiro atoms. The van der Waals surface area contributed by atoms with Crippen molar-refractivity contribution in [3.05, 3.63) is 46.2 Å². The summed E-state index contributed by atoms with van der Waals surface area (Å²) in [6.45, 7) is 0. The molecule has 11 heteroatoms. The number of amides is 1. The molecule has 0 aliphatic heterocycles. The number of thiazole rings is 2. The van der Waals surface area contributed by atoms with Gasteiger partial charge in [-0.1, -0.05) is 23.0 Å². The summed E-state index contributed by atoms with van der Waals surface area (Å²) in [7, 11) is 0. The molecule has 1 N–H and O–H groups in total. The van der Waals surface area contributed by atoms with Crippen molar-refractivity contribution in [2.24, 2.45) is 0 Å². The first-order chi connectivity index (χ1) is 13.3. The van der Waals surface area contributed by atoms with Gasteiger partial charge in [-0.15, -0.1) is 34.0 Å². The van der Waals surface area contributed by atoms with E-state index in [-0.39, 0.29) is 12.3 Å². The van der Waals surface area contributed by atoms with Crippen LogP contribution in [-0.4, -0.2) is 26.0 Å². The van der Waals surface area contributed by atoms with Crippen LogP contribution in [0.15, 0.2) is 43.3 Å². The monoisotopic (exact) mass is 435 g/mol. The SMILES string of the molecule is O=C(CCc1nc(CSc2nc(-c3cccs3)cs2)no1)Nc1nccs1. The molecule has 0 aromatic carbocycles. The summed E-state index contributed by atoms with van der Waals surface area (Å²) < 4.78 is 6.19. The third-order valence-electron chi connectivity index (χ3n) is 3.34. The second-order valence-electron chi connectivity index (χ2n) is 5.25. The quantitative estimate of drug-likeness (QED) is 0.405. The molecule has 4 heterocycles. The molecule has 27 heavy (non-hydrogen) atoms. The minimum atomic E-state index is -0.122. The fourth-order valence-corrected chi connectivity index (χ4v) is 5.10. The molecule has 4 rings (SSSR count). The summed E-state index contributed by atoms with van der Waals surface area (Å²) in [6.07, 6.45) is 2.31. The number of nitrogens with one attached hydrogen (secondary N) is 1. The maximum absolute atomic E-state index is 11.9. The Morgan fingerprint density at radius 3 is 3.00 bits per heavy atom. The second-order valence-corrected chi connectivity index (χ2v) is 9.18. The highest BCUT2D eigenvalue weighted by Gasteiger charge is 2.12. The average molecular weight is 436 g/mol. The van der Waals surface area contributed by atoms with Gasteiger partial charge in [0.15, 0.2) is 15.3 Å². The minimum absolute atomic E-state index is 0.122.